The van der Waals surface area contributed by atoms with E-state index in [9.17, 15) is 19.2 Å². The molecule has 0 amide bonds. The van der Waals surface area contributed by atoms with Gasteiger partial charge in [-0.2, -0.15) is 0 Å². The van der Waals surface area contributed by atoms with E-state index in [1.807, 2.05) is 0 Å². The summed E-state index contributed by atoms with van der Waals surface area (Å²) in [6.45, 7) is 0. The second-order valence-corrected chi connectivity index (χ2v) is 5.17. The third kappa shape index (κ3) is 1.69. The summed E-state index contributed by atoms with van der Waals surface area (Å²) in [7, 11) is 2.41. The van der Waals surface area contributed by atoms with Crippen molar-refractivity contribution in [2.45, 2.75) is 32.1 Å². The van der Waals surface area contributed by atoms with E-state index >= 15 is 0 Å². The zero-order valence-electron chi connectivity index (χ0n) is 11.0. The van der Waals surface area contributed by atoms with Crippen LogP contribution in [0.5, 0.6) is 0 Å². The highest BCUT2D eigenvalue weighted by atomic mass is 16.5. The molecule has 2 unspecified atom stereocenters. The van der Waals surface area contributed by atoms with Crippen molar-refractivity contribution in [1.29, 1.82) is 0 Å². The monoisotopic (exact) mass is 268 g/mol. The molecular weight excluding hydrogens is 252 g/mol. The molecule has 0 aromatic heterocycles. The van der Waals surface area contributed by atoms with Crippen molar-refractivity contribution < 1.29 is 28.7 Å². The van der Waals surface area contributed by atoms with Crippen molar-refractivity contribution in [2.24, 2.45) is 10.8 Å². The summed E-state index contributed by atoms with van der Waals surface area (Å²) in [6, 6.07) is 0. The number of hydrogen-bond donors (Lipinski definition) is 0. The number of rotatable bonds is 2. The molecule has 2 aliphatic rings. The molecule has 0 N–H and O–H groups in total. The van der Waals surface area contributed by atoms with Gasteiger partial charge in [0, 0.05) is 12.8 Å². The van der Waals surface area contributed by atoms with Crippen molar-refractivity contribution in [2.75, 3.05) is 14.2 Å². The van der Waals surface area contributed by atoms with Gasteiger partial charge in [-0.1, -0.05) is 0 Å². The fraction of sp³-hybridized carbons (Fsp3) is 0.692. The highest BCUT2D eigenvalue weighted by molar-refractivity contribution is 6.13. The molecule has 0 aliphatic heterocycles. The number of fused-ring (bicyclic) bond motifs is 2. The van der Waals surface area contributed by atoms with Gasteiger partial charge in [0.2, 0.25) is 0 Å². The topological polar surface area (TPSA) is 86.7 Å². The van der Waals surface area contributed by atoms with Crippen LogP contribution in [0.4, 0.5) is 0 Å². The number of carbonyl (C=O) groups excluding carboxylic acids is 4. The molecular formula is C13H16O6. The normalized spacial score (nSPS) is 33.8. The Morgan fingerprint density at radius 2 is 1.26 bits per heavy atom. The Hall–Kier alpha value is -1.72. The Bertz CT molecular complexity index is 406. The van der Waals surface area contributed by atoms with Crippen LogP contribution in [0.15, 0.2) is 0 Å². The first-order chi connectivity index (χ1) is 8.93. The maximum Gasteiger partial charge on any atom is 0.319 e. The fourth-order valence-electron chi connectivity index (χ4n) is 3.27. The minimum absolute atomic E-state index is 0.0237. The Balaban J connectivity index is 2.48. The predicted molar refractivity (Wildman–Crippen MR) is 62.0 cm³/mol. The van der Waals surface area contributed by atoms with E-state index in [2.05, 4.69) is 0 Å². The molecule has 2 aliphatic carbocycles. The lowest BCUT2D eigenvalue weighted by Crippen LogP contribution is -2.58. The molecule has 2 atom stereocenters. The third-order valence-corrected chi connectivity index (χ3v) is 4.38. The summed E-state index contributed by atoms with van der Waals surface area (Å²) in [5, 5.41) is 0. The van der Waals surface area contributed by atoms with Gasteiger partial charge >= 0.3 is 11.9 Å². The zero-order valence-corrected chi connectivity index (χ0v) is 11.0. The smallest absolute Gasteiger partial charge is 0.319 e. The van der Waals surface area contributed by atoms with Crippen LogP contribution >= 0.6 is 0 Å². The standard InChI is InChI=1S/C13H16O6/c1-18-10(16)12-5-3-9(15)13(7-12,11(17)19-2)6-4-8(12)14/h3-7H2,1-2H3. The molecule has 0 saturated heterocycles. The highest BCUT2D eigenvalue weighted by Crippen LogP contribution is 2.53. The molecule has 2 bridgehead atoms. The average Bonchev–Trinajstić information content (AvgIpc) is 2.44. The fourth-order valence-corrected chi connectivity index (χ4v) is 3.27. The van der Waals surface area contributed by atoms with Gasteiger partial charge in [-0.05, 0) is 19.3 Å². The Morgan fingerprint density at radius 1 is 0.895 bits per heavy atom. The molecule has 6 nitrogen and oxygen atoms in total. The molecule has 0 aromatic rings. The maximum atomic E-state index is 12.1. The van der Waals surface area contributed by atoms with Crippen LogP contribution in [0.2, 0.25) is 0 Å². The molecule has 2 rings (SSSR count). The molecule has 6 heteroatoms. The van der Waals surface area contributed by atoms with E-state index in [-0.39, 0.29) is 43.7 Å². The first-order valence-corrected chi connectivity index (χ1v) is 6.16. The molecule has 0 spiro atoms. The Morgan fingerprint density at radius 3 is 1.58 bits per heavy atom. The maximum absolute atomic E-state index is 12.1. The second-order valence-electron chi connectivity index (χ2n) is 5.17. The summed E-state index contributed by atoms with van der Waals surface area (Å²) in [4.78, 5) is 48.2. The minimum atomic E-state index is -1.35. The largest absolute Gasteiger partial charge is 0.468 e. The van der Waals surface area contributed by atoms with Crippen LogP contribution in [0.1, 0.15) is 32.1 Å². The number of hydrogen-bond acceptors (Lipinski definition) is 6. The van der Waals surface area contributed by atoms with Gasteiger partial charge in [0.1, 0.15) is 22.4 Å². The van der Waals surface area contributed by atoms with Crippen LogP contribution in [0.3, 0.4) is 0 Å². The lowest BCUT2D eigenvalue weighted by Gasteiger charge is -2.46. The van der Waals surface area contributed by atoms with E-state index in [4.69, 9.17) is 9.47 Å². The van der Waals surface area contributed by atoms with Crippen LogP contribution < -0.4 is 0 Å². The molecule has 0 radical (unpaired) electrons. The number of esters is 2. The van der Waals surface area contributed by atoms with Crippen LogP contribution in [0.25, 0.3) is 0 Å². The number of ether oxygens (including phenoxy) is 2. The van der Waals surface area contributed by atoms with Crippen LogP contribution in [-0.2, 0) is 28.7 Å². The van der Waals surface area contributed by atoms with E-state index in [1.165, 1.54) is 14.2 Å². The summed E-state index contributed by atoms with van der Waals surface area (Å²) in [5.74, 6) is -1.80. The van der Waals surface area contributed by atoms with Gasteiger partial charge < -0.3 is 9.47 Å². The van der Waals surface area contributed by atoms with Gasteiger partial charge in [0.25, 0.3) is 0 Å². The summed E-state index contributed by atoms with van der Waals surface area (Å²) in [5.41, 5.74) is -2.70. The molecule has 0 aromatic carbocycles. The minimum Gasteiger partial charge on any atom is -0.468 e. The van der Waals surface area contributed by atoms with Crippen molar-refractivity contribution in [3.63, 3.8) is 0 Å². The number of methoxy groups -OCH3 is 2. The van der Waals surface area contributed by atoms with E-state index in [0.29, 0.717) is 0 Å². The van der Waals surface area contributed by atoms with Crippen molar-refractivity contribution in [3.05, 3.63) is 0 Å². The van der Waals surface area contributed by atoms with Gasteiger partial charge in [-0.15, -0.1) is 0 Å². The lowest BCUT2D eigenvalue weighted by atomic mass is 9.53. The van der Waals surface area contributed by atoms with E-state index in [0.717, 1.165) is 0 Å². The summed E-state index contributed by atoms with van der Waals surface area (Å²) >= 11 is 0. The average molecular weight is 268 g/mol. The predicted octanol–water partition coefficient (Wildman–Crippen LogP) is 0.421. The first kappa shape index (κ1) is 13.7. The number of ketones is 2. The van der Waals surface area contributed by atoms with Crippen molar-refractivity contribution in [3.8, 4) is 0 Å². The number of Topliss-reactive ketones (excluding diaryl/α,β-unsaturated/α-hetero) is 2. The zero-order chi connectivity index (χ0) is 14.3. The molecule has 0 heterocycles. The third-order valence-electron chi connectivity index (χ3n) is 4.38. The van der Waals surface area contributed by atoms with E-state index < -0.39 is 22.8 Å². The summed E-state index contributed by atoms with van der Waals surface area (Å²) < 4.78 is 9.41. The quantitative estimate of drug-likeness (QED) is 0.533. The Labute approximate surface area is 110 Å². The number of carbonyl (C=O) groups is 4. The SMILES string of the molecule is COC(=O)C12CCC(=O)C(C(=O)OC)(CCC1=O)C2. The molecule has 104 valence electrons. The van der Waals surface area contributed by atoms with Crippen LogP contribution in [-0.4, -0.2) is 37.7 Å². The van der Waals surface area contributed by atoms with Crippen molar-refractivity contribution in [1.82, 2.24) is 0 Å². The van der Waals surface area contributed by atoms with Gasteiger partial charge in [-0.25, -0.2) is 0 Å². The van der Waals surface area contributed by atoms with Gasteiger partial charge in [0.15, 0.2) is 0 Å². The summed E-state index contributed by atoms with van der Waals surface area (Å²) in [6.07, 6.45) is 0.176. The van der Waals surface area contributed by atoms with Crippen molar-refractivity contribution >= 4 is 23.5 Å². The van der Waals surface area contributed by atoms with Gasteiger partial charge in [0.05, 0.1) is 14.2 Å². The van der Waals surface area contributed by atoms with E-state index in [1.54, 1.807) is 0 Å². The molecule has 2 saturated carbocycles. The highest BCUT2D eigenvalue weighted by Gasteiger charge is 2.64. The van der Waals surface area contributed by atoms with Gasteiger partial charge in [-0.3, -0.25) is 19.2 Å². The lowest BCUT2D eigenvalue weighted by molar-refractivity contribution is -0.177. The first-order valence-electron chi connectivity index (χ1n) is 6.16. The second kappa shape index (κ2) is 4.43. The van der Waals surface area contributed by atoms with Crippen LogP contribution in [0, 0.1) is 10.8 Å². The molecule has 19 heavy (non-hydrogen) atoms. The molecule has 2 fully saturated rings. The Kier molecular flexibility index (Phi) is 3.20.